The molecule has 0 fully saturated rings. The van der Waals surface area contributed by atoms with Crippen molar-refractivity contribution in [3.63, 3.8) is 0 Å². The molecular formula is C20H15ClN4O6. The molecule has 10 nitrogen and oxygen atoms in total. The number of nitrogens with zero attached hydrogens (tertiary/aromatic N) is 2. The smallest absolute Gasteiger partial charge is 0.329 e. The molecule has 0 unspecified atom stereocenters. The third kappa shape index (κ3) is 5.46. The van der Waals surface area contributed by atoms with Crippen LogP contribution in [0.15, 0.2) is 64.1 Å². The Labute approximate surface area is 180 Å². The summed E-state index contributed by atoms with van der Waals surface area (Å²) in [4.78, 5) is 34.2. The van der Waals surface area contributed by atoms with E-state index in [1.54, 1.807) is 30.3 Å². The summed E-state index contributed by atoms with van der Waals surface area (Å²) in [5, 5.41) is 17.2. The largest absolute Gasteiger partial charge is 0.495 e. The molecular weight excluding hydrogens is 428 g/mol. The SMILES string of the molecule is COc1ccc(NC(=O)C(=O)N/N=C\c2ccc(-c3cccc([N+](=O)[O-])c3)o2)cc1Cl. The maximum atomic E-state index is 11.9. The molecule has 158 valence electrons. The van der Waals surface area contributed by atoms with Crippen LogP contribution in [0.1, 0.15) is 5.76 Å². The number of halogens is 1. The van der Waals surface area contributed by atoms with Gasteiger partial charge in [-0.1, -0.05) is 23.7 Å². The molecule has 0 atom stereocenters. The fraction of sp³-hybridized carbons (Fsp3) is 0.0500. The number of hydrazone groups is 1. The number of anilines is 1. The first kappa shape index (κ1) is 21.5. The summed E-state index contributed by atoms with van der Waals surface area (Å²) < 4.78 is 10.5. The number of ether oxygens (including phenoxy) is 1. The van der Waals surface area contributed by atoms with Crippen molar-refractivity contribution in [2.24, 2.45) is 5.10 Å². The zero-order valence-corrected chi connectivity index (χ0v) is 16.8. The number of nitrogens with one attached hydrogen (secondary N) is 2. The molecule has 2 aromatic carbocycles. The highest BCUT2D eigenvalue weighted by atomic mass is 35.5. The minimum absolute atomic E-state index is 0.0689. The Bertz CT molecular complexity index is 1170. The molecule has 3 rings (SSSR count). The number of carbonyl (C=O) groups excluding carboxylic acids is 2. The van der Waals surface area contributed by atoms with Crippen LogP contribution in [0.3, 0.4) is 0 Å². The van der Waals surface area contributed by atoms with E-state index >= 15 is 0 Å². The Hall–Kier alpha value is -4.18. The van der Waals surface area contributed by atoms with Crippen LogP contribution in [0.4, 0.5) is 11.4 Å². The van der Waals surface area contributed by atoms with Gasteiger partial charge >= 0.3 is 11.8 Å². The second-order valence-corrected chi connectivity index (χ2v) is 6.42. The lowest BCUT2D eigenvalue weighted by Gasteiger charge is -2.07. The van der Waals surface area contributed by atoms with E-state index < -0.39 is 16.7 Å². The van der Waals surface area contributed by atoms with Crippen molar-refractivity contribution in [2.45, 2.75) is 0 Å². The summed E-state index contributed by atoms with van der Waals surface area (Å²) in [5.74, 6) is -0.879. The molecule has 31 heavy (non-hydrogen) atoms. The van der Waals surface area contributed by atoms with Gasteiger partial charge in [-0.15, -0.1) is 0 Å². The van der Waals surface area contributed by atoms with Crippen LogP contribution < -0.4 is 15.5 Å². The zero-order chi connectivity index (χ0) is 22.4. The third-order valence-corrected chi connectivity index (χ3v) is 4.24. The first-order valence-corrected chi connectivity index (χ1v) is 9.08. The number of nitro groups is 1. The summed E-state index contributed by atoms with van der Waals surface area (Å²) in [6.07, 6.45) is 1.19. The van der Waals surface area contributed by atoms with Crippen LogP contribution in [-0.2, 0) is 9.59 Å². The number of methoxy groups -OCH3 is 1. The molecule has 0 saturated carbocycles. The van der Waals surface area contributed by atoms with E-state index in [0.717, 1.165) is 0 Å². The third-order valence-electron chi connectivity index (χ3n) is 3.94. The number of nitro benzene ring substituents is 1. The highest BCUT2D eigenvalue weighted by Gasteiger charge is 2.14. The van der Waals surface area contributed by atoms with E-state index in [0.29, 0.717) is 22.8 Å². The van der Waals surface area contributed by atoms with Crippen molar-refractivity contribution < 1.29 is 23.7 Å². The number of rotatable bonds is 6. The Morgan fingerprint density at radius 3 is 2.68 bits per heavy atom. The number of carbonyl (C=O) groups is 2. The Balaban J connectivity index is 1.58. The summed E-state index contributed by atoms with van der Waals surface area (Å²) in [6, 6.07) is 13.6. The van der Waals surface area contributed by atoms with Crippen molar-refractivity contribution in [3.8, 4) is 17.1 Å². The Kier molecular flexibility index (Phi) is 6.63. The van der Waals surface area contributed by atoms with E-state index in [1.807, 2.05) is 0 Å². The molecule has 0 aliphatic rings. The number of hydrogen-bond acceptors (Lipinski definition) is 7. The number of amides is 2. The predicted octanol–water partition coefficient (Wildman–Crippen LogP) is 3.61. The maximum Gasteiger partial charge on any atom is 0.329 e. The average molecular weight is 443 g/mol. The Morgan fingerprint density at radius 2 is 1.97 bits per heavy atom. The van der Waals surface area contributed by atoms with Crippen LogP contribution in [0.5, 0.6) is 5.75 Å². The van der Waals surface area contributed by atoms with E-state index in [1.165, 1.54) is 37.6 Å². The van der Waals surface area contributed by atoms with Crippen LogP contribution in [0.25, 0.3) is 11.3 Å². The first-order chi connectivity index (χ1) is 14.9. The monoisotopic (exact) mass is 442 g/mol. The van der Waals surface area contributed by atoms with Crippen molar-refractivity contribution in [3.05, 3.63) is 75.5 Å². The molecule has 0 saturated heterocycles. The second-order valence-electron chi connectivity index (χ2n) is 6.01. The van der Waals surface area contributed by atoms with Gasteiger partial charge in [0, 0.05) is 23.4 Å². The van der Waals surface area contributed by atoms with Crippen LogP contribution >= 0.6 is 11.6 Å². The molecule has 0 aliphatic carbocycles. The number of non-ortho nitro benzene ring substituents is 1. The minimum Gasteiger partial charge on any atom is -0.495 e. The average Bonchev–Trinajstić information content (AvgIpc) is 3.23. The van der Waals surface area contributed by atoms with Gasteiger partial charge in [0.05, 0.1) is 23.3 Å². The van der Waals surface area contributed by atoms with Crippen LogP contribution in [0.2, 0.25) is 5.02 Å². The minimum atomic E-state index is -1.01. The second kappa shape index (κ2) is 9.55. The molecule has 1 aromatic heterocycles. The number of hydrogen-bond donors (Lipinski definition) is 2. The molecule has 0 radical (unpaired) electrons. The van der Waals surface area contributed by atoms with Crippen molar-refractivity contribution in [1.29, 1.82) is 0 Å². The van der Waals surface area contributed by atoms with Gasteiger partial charge in [-0.25, -0.2) is 5.43 Å². The van der Waals surface area contributed by atoms with Gasteiger partial charge in [0.1, 0.15) is 17.3 Å². The molecule has 0 bridgehead atoms. The van der Waals surface area contributed by atoms with Gasteiger partial charge in [0.2, 0.25) is 0 Å². The van der Waals surface area contributed by atoms with E-state index in [4.69, 9.17) is 20.8 Å². The van der Waals surface area contributed by atoms with Crippen LogP contribution in [0, 0.1) is 10.1 Å². The van der Waals surface area contributed by atoms with E-state index in [9.17, 15) is 19.7 Å². The maximum absolute atomic E-state index is 11.9. The van der Waals surface area contributed by atoms with E-state index in [-0.39, 0.29) is 16.5 Å². The fourth-order valence-corrected chi connectivity index (χ4v) is 2.75. The zero-order valence-electron chi connectivity index (χ0n) is 16.0. The van der Waals surface area contributed by atoms with Gasteiger partial charge < -0.3 is 14.5 Å². The molecule has 0 aliphatic heterocycles. The summed E-state index contributed by atoms with van der Waals surface area (Å²) in [6.45, 7) is 0. The molecule has 11 heteroatoms. The standard InChI is InChI=1S/C20H15ClN4O6/c1-30-18-7-5-13(10-16(18)21)23-19(26)20(27)24-22-11-15-6-8-17(31-15)12-3-2-4-14(9-12)25(28)29/h2-11H,1H3,(H,23,26)(H,24,27)/b22-11-. The molecule has 3 aromatic rings. The van der Waals surface area contributed by atoms with E-state index in [2.05, 4.69) is 15.8 Å². The summed E-state index contributed by atoms with van der Waals surface area (Å²) in [7, 11) is 1.45. The van der Waals surface area contributed by atoms with Gasteiger partial charge in [-0.2, -0.15) is 5.10 Å². The topological polar surface area (TPSA) is 136 Å². The highest BCUT2D eigenvalue weighted by molar-refractivity contribution is 6.40. The number of furan rings is 1. The highest BCUT2D eigenvalue weighted by Crippen LogP contribution is 2.27. The lowest BCUT2D eigenvalue weighted by Crippen LogP contribution is -2.32. The lowest BCUT2D eigenvalue weighted by atomic mass is 10.1. The summed E-state index contributed by atoms with van der Waals surface area (Å²) in [5.41, 5.74) is 2.82. The van der Waals surface area contributed by atoms with Crippen molar-refractivity contribution in [1.82, 2.24) is 5.43 Å². The quantitative estimate of drug-likeness (QED) is 0.259. The van der Waals surface area contributed by atoms with Gasteiger partial charge in [-0.05, 0) is 30.3 Å². The van der Waals surface area contributed by atoms with Gasteiger partial charge in [0.15, 0.2) is 0 Å². The van der Waals surface area contributed by atoms with Crippen molar-refractivity contribution >= 4 is 41.0 Å². The van der Waals surface area contributed by atoms with Gasteiger partial charge in [0.25, 0.3) is 5.69 Å². The van der Waals surface area contributed by atoms with Crippen molar-refractivity contribution in [2.75, 3.05) is 12.4 Å². The lowest BCUT2D eigenvalue weighted by molar-refractivity contribution is -0.384. The predicted molar refractivity (Wildman–Crippen MR) is 113 cm³/mol. The van der Waals surface area contributed by atoms with Gasteiger partial charge in [-0.3, -0.25) is 19.7 Å². The molecule has 0 spiro atoms. The summed E-state index contributed by atoms with van der Waals surface area (Å²) >= 11 is 5.97. The Morgan fingerprint density at radius 1 is 1.16 bits per heavy atom. The molecule has 1 heterocycles. The molecule has 2 amide bonds. The number of benzene rings is 2. The van der Waals surface area contributed by atoms with Crippen LogP contribution in [-0.4, -0.2) is 30.1 Å². The first-order valence-electron chi connectivity index (χ1n) is 8.70. The normalized spacial score (nSPS) is 10.6. The molecule has 2 N–H and O–H groups in total. The fourth-order valence-electron chi connectivity index (χ4n) is 2.49.